The molecule has 0 aromatic heterocycles. The van der Waals surface area contributed by atoms with Crippen molar-refractivity contribution in [2.24, 2.45) is 0 Å². The summed E-state index contributed by atoms with van der Waals surface area (Å²) in [6.07, 6.45) is 2.49. The Labute approximate surface area is 143 Å². The maximum absolute atomic E-state index is 13.0. The highest BCUT2D eigenvalue weighted by Gasteiger charge is 2.43. The molecule has 1 aromatic rings. The van der Waals surface area contributed by atoms with Gasteiger partial charge in [0.2, 0.25) is 11.8 Å². The summed E-state index contributed by atoms with van der Waals surface area (Å²) in [5.74, 6) is -0.0756. The molecule has 1 aromatic carbocycles. The number of carbonyl (C=O) groups excluding carboxylic acids is 2. The van der Waals surface area contributed by atoms with Crippen molar-refractivity contribution in [3.8, 4) is 0 Å². The Morgan fingerprint density at radius 3 is 2.50 bits per heavy atom. The largest absolute Gasteiger partial charge is 0.380 e. The van der Waals surface area contributed by atoms with Gasteiger partial charge in [0.15, 0.2) is 0 Å². The van der Waals surface area contributed by atoms with Crippen LogP contribution in [-0.2, 0) is 19.7 Å². The van der Waals surface area contributed by atoms with E-state index < -0.39 is 5.41 Å². The third-order valence-corrected chi connectivity index (χ3v) is 4.82. The van der Waals surface area contributed by atoms with Crippen molar-refractivity contribution < 1.29 is 14.3 Å². The van der Waals surface area contributed by atoms with Gasteiger partial charge in [-0.25, -0.2) is 0 Å². The summed E-state index contributed by atoms with van der Waals surface area (Å²) in [6.45, 7) is 7.03. The molecule has 2 rings (SSSR count). The summed E-state index contributed by atoms with van der Waals surface area (Å²) in [6, 6.07) is 9.82. The maximum atomic E-state index is 13.0. The number of likely N-dealkylation sites (tertiary alicyclic amines) is 1. The van der Waals surface area contributed by atoms with E-state index in [-0.39, 0.29) is 17.9 Å². The summed E-state index contributed by atoms with van der Waals surface area (Å²) in [7, 11) is 1.63. The van der Waals surface area contributed by atoms with Crippen LogP contribution in [0.25, 0.3) is 0 Å². The van der Waals surface area contributed by atoms with E-state index in [9.17, 15) is 9.59 Å². The highest BCUT2D eigenvalue weighted by Crippen LogP contribution is 2.36. The number of hydrogen-bond acceptors (Lipinski definition) is 3. The standard InChI is InChI=1S/C19H26N2O3/c1-4-17(22)21-12-10-19(11-13-21,16-8-6-5-7-9-16)18(23)20-14-15(2)24-3/h4-9,15H,1,10-14H2,2-3H3,(H,20,23)/t15-/m1/s1. The molecular formula is C19H26N2O3. The van der Waals surface area contributed by atoms with E-state index in [4.69, 9.17) is 4.74 Å². The molecule has 1 heterocycles. The number of amides is 2. The zero-order valence-corrected chi connectivity index (χ0v) is 14.5. The third-order valence-electron chi connectivity index (χ3n) is 4.82. The summed E-state index contributed by atoms with van der Waals surface area (Å²) in [4.78, 5) is 26.6. The third kappa shape index (κ3) is 3.85. The molecule has 0 saturated carbocycles. The van der Waals surface area contributed by atoms with Gasteiger partial charge in [-0.3, -0.25) is 9.59 Å². The lowest BCUT2D eigenvalue weighted by Gasteiger charge is -2.41. The highest BCUT2D eigenvalue weighted by atomic mass is 16.5. The SMILES string of the molecule is C=CC(=O)N1CCC(C(=O)NC[C@@H](C)OC)(c2ccccc2)CC1. The first-order valence-electron chi connectivity index (χ1n) is 8.31. The van der Waals surface area contributed by atoms with Gasteiger partial charge in [0.1, 0.15) is 0 Å². The Morgan fingerprint density at radius 2 is 1.96 bits per heavy atom. The summed E-state index contributed by atoms with van der Waals surface area (Å²) in [5.41, 5.74) is 0.394. The molecule has 1 aliphatic rings. The van der Waals surface area contributed by atoms with Crippen LogP contribution in [0, 0.1) is 0 Å². The van der Waals surface area contributed by atoms with Crippen LogP contribution in [0.5, 0.6) is 0 Å². The molecule has 0 unspecified atom stereocenters. The van der Waals surface area contributed by atoms with Gasteiger partial charge in [-0.15, -0.1) is 0 Å². The van der Waals surface area contributed by atoms with Gasteiger partial charge in [-0.1, -0.05) is 36.9 Å². The first-order valence-corrected chi connectivity index (χ1v) is 8.31. The average molecular weight is 330 g/mol. The van der Waals surface area contributed by atoms with Gasteiger partial charge >= 0.3 is 0 Å². The van der Waals surface area contributed by atoms with Crippen LogP contribution >= 0.6 is 0 Å². The zero-order valence-electron chi connectivity index (χ0n) is 14.5. The predicted molar refractivity (Wildman–Crippen MR) is 93.6 cm³/mol. The number of rotatable bonds is 6. The number of benzene rings is 1. The smallest absolute Gasteiger partial charge is 0.245 e. The molecule has 0 aliphatic carbocycles. The van der Waals surface area contributed by atoms with Gasteiger partial charge in [-0.05, 0) is 31.4 Å². The average Bonchev–Trinajstić information content (AvgIpc) is 2.65. The number of hydrogen-bond donors (Lipinski definition) is 1. The van der Waals surface area contributed by atoms with E-state index in [1.165, 1.54) is 6.08 Å². The molecule has 1 atom stereocenters. The van der Waals surface area contributed by atoms with Gasteiger partial charge in [-0.2, -0.15) is 0 Å². The van der Waals surface area contributed by atoms with Crippen molar-refractivity contribution in [1.29, 1.82) is 0 Å². The first kappa shape index (κ1) is 18.2. The second kappa shape index (κ2) is 8.11. The lowest BCUT2D eigenvalue weighted by Crippen LogP contribution is -2.53. The van der Waals surface area contributed by atoms with Crippen LogP contribution in [0.15, 0.2) is 43.0 Å². The van der Waals surface area contributed by atoms with Crippen LogP contribution in [0.3, 0.4) is 0 Å². The van der Waals surface area contributed by atoms with Gasteiger partial charge < -0.3 is 15.0 Å². The second-order valence-corrected chi connectivity index (χ2v) is 6.23. The van der Waals surface area contributed by atoms with Crippen LogP contribution in [0.1, 0.15) is 25.3 Å². The van der Waals surface area contributed by atoms with E-state index in [1.807, 2.05) is 37.3 Å². The van der Waals surface area contributed by atoms with Crippen molar-refractivity contribution in [2.45, 2.75) is 31.3 Å². The Balaban J connectivity index is 2.20. The Hall–Kier alpha value is -2.14. The van der Waals surface area contributed by atoms with Crippen LogP contribution in [0.2, 0.25) is 0 Å². The number of nitrogens with one attached hydrogen (secondary N) is 1. The van der Waals surface area contributed by atoms with Gasteiger partial charge in [0, 0.05) is 26.7 Å². The Bertz CT molecular complexity index is 578. The van der Waals surface area contributed by atoms with Gasteiger partial charge in [0.05, 0.1) is 11.5 Å². The molecule has 1 N–H and O–H groups in total. The first-order chi connectivity index (χ1) is 11.5. The number of nitrogens with zero attached hydrogens (tertiary/aromatic N) is 1. The van der Waals surface area contributed by atoms with Crippen LogP contribution in [-0.4, -0.2) is 49.6 Å². The lowest BCUT2D eigenvalue weighted by molar-refractivity contribution is -0.134. The summed E-state index contributed by atoms with van der Waals surface area (Å²) < 4.78 is 5.21. The van der Waals surface area contributed by atoms with Crippen LogP contribution < -0.4 is 5.32 Å². The van der Waals surface area contributed by atoms with E-state index in [0.29, 0.717) is 32.5 Å². The molecule has 1 saturated heterocycles. The molecule has 24 heavy (non-hydrogen) atoms. The fraction of sp³-hybridized carbons (Fsp3) is 0.474. The molecule has 0 bridgehead atoms. The zero-order chi connectivity index (χ0) is 17.6. The molecule has 0 radical (unpaired) electrons. The molecule has 5 heteroatoms. The minimum absolute atomic E-state index is 0.00306. The summed E-state index contributed by atoms with van der Waals surface area (Å²) >= 11 is 0. The van der Waals surface area contributed by atoms with Crippen molar-refractivity contribution in [3.63, 3.8) is 0 Å². The fourth-order valence-electron chi connectivity index (χ4n) is 3.13. The van der Waals surface area contributed by atoms with Gasteiger partial charge in [0.25, 0.3) is 0 Å². The predicted octanol–water partition coefficient (Wildman–Crippen LogP) is 1.88. The monoisotopic (exact) mass is 330 g/mol. The molecule has 1 aliphatic heterocycles. The number of ether oxygens (including phenoxy) is 1. The second-order valence-electron chi connectivity index (χ2n) is 6.23. The molecule has 130 valence electrons. The van der Waals surface area contributed by atoms with E-state index >= 15 is 0 Å². The Morgan fingerprint density at radius 1 is 1.33 bits per heavy atom. The lowest BCUT2D eigenvalue weighted by atomic mass is 9.72. The minimum Gasteiger partial charge on any atom is -0.380 e. The van der Waals surface area contributed by atoms with Crippen molar-refractivity contribution in [3.05, 3.63) is 48.6 Å². The summed E-state index contributed by atoms with van der Waals surface area (Å²) in [5, 5.41) is 3.01. The van der Waals surface area contributed by atoms with Crippen LogP contribution in [0.4, 0.5) is 0 Å². The molecule has 2 amide bonds. The molecule has 0 spiro atoms. The minimum atomic E-state index is -0.604. The fourth-order valence-corrected chi connectivity index (χ4v) is 3.13. The van der Waals surface area contributed by atoms with Crippen molar-refractivity contribution in [2.75, 3.05) is 26.7 Å². The molecule has 5 nitrogen and oxygen atoms in total. The van der Waals surface area contributed by atoms with Crippen molar-refractivity contribution in [1.82, 2.24) is 10.2 Å². The maximum Gasteiger partial charge on any atom is 0.245 e. The highest BCUT2D eigenvalue weighted by molar-refractivity contribution is 5.90. The number of piperidine rings is 1. The van der Waals surface area contributed by atoms with E-state index in [2.05, 4.69) is 11.9 Å². The topological polar surface area (TPSA) is 58.6 Å². The number of carbonyl (C=O) groups is 2. The van der Waals surface area contributed by atoms with E-state index in [0.717, 1.165) is 5.56 Å². The number of methoxy groups -OCH3 is 1. The molecular weight excluding hydrogens is 304 g/mol. The quantitative estimate of drug-likeness (QED) is 0.810. The Kier molecular flexibility index (Phi) is 6.15. The van der Waals surface area contributed by atoms with E-state index in [1.54, 1.807) is 12.0 Å². The van der Waals surface area contributed by atoms with Crippen molar-refractivity contribution >= 4 is 11.8 Å². The molecule has 1 fully saturated rings. The normalized spacial score (nSPS) is 17.8.